The lowest BCUT2D eigenvalue weighted by atomic mass is 10.1. The summed E-state index contributed by atoms with van der Waals surface area (Å²) in [4.78, 5) is 4.41. The molecule has 0 aliphatic carbocycles. The van der Waals surface area contributed by atoms with Crippen LogP contribution in [-0.4, -0.2) is 17.6 Å². The standard InChI is InChI=1S/C9H14N2OS/c1-6-11-8(5-13-6)9-3-2-7(4-10)12-9/h5,7,9H,2-4,10H2,1H3. The molecule has 4 heteroatoms. The van der Waals surface area contributed by atoms with Gasteiger partial charge >= 0.3 is 0 Å². The van der Waals surface area contributed by atoms with Gasteiger partial charge in [-0.05, 0) is 19.8 Å². The molecule has 1 fully saturated rings. The van der Waals surface area contributed by atoms with Crippen LogP contribution in [-0.2, 0) is 4.74 Å². The van der Waals surface area contributed by atoms with Crippen molar-refractivity contribution in [1.29, 1.82) is 0 Å². The van der Waals surface area contributed by atoms with E-state index in [-0.39, 0.29) is 12.2 Å². The molecule has 2 heterocycles. The Bertz CT molecular complexity index is 287. The predicted octanol–water partition coefficient (Wildman–Crippen LogP) is 1.63. The molecule has 1 aliphatic rings. The van der Waals surface area contributed by atoms with Gasteiger partial charge in [-0.3, -0.25) is 0 Å². The van der Waals surface area contributed by atoms with Gasteiger partial charge in [0.1, 0.15) is 6.10 Å². The lowest BCUT2D eigenvalue weighted by molar-refractivity contribution is 0.0477. The molecule has 1 aliphatic heterocycles. The molecule has 0 radical (unpaired) electrons. The highest BCUT2D eigenvalue weighted by atomic mass is 32.1. The Morgan fingerprint density at radius 3 is 3.08 bits per heavy atom. The van der Waals surface area contributed by atoms with Gasteiger partial charge in [-0.2, -0.15) is 0 Å². The predicted molar refractivity (Wildman–Crippen MR) is 52.8 cm³/mol. The number of nitrogens with two attached hydrogens (primary N) is 1. The largest absolute Gasteiger partial charge is 0.367 e. The number of hydrogen-bond donors (Lipinski definition) is 1. The smallest absolute Gasteiger partial charge is 0.101 e. The van der Waals surface area contributed by atoms with Crippen LogP contribution in [0.25, 0.3) is 0 Å². The van der Waals surface area contributed by atoms with Gasteiger partial charge in [0.15, 0.2) is 0 Å². The van der Waals surface area contributed by atoms with Crippen LogP contribution in [0.3, 0.4) is 0 Å². The van der Waals surface area contributed by atoms with Gasteiger partial charge in [-0.15, -0.1) is 11.3 Å². The fourth-order valence-corrected chi connectivity index (χ4v) is 2.28. The molecule has 2 atom stereocenters. The number of nitrogens with zero attached hydrogens (tertiary/aromatic N) is 1. The summed E-state index contributed by atoms with van der Waals surface area (Å²) in [6.07, 6.45) is 2.56. The summed E-state index contributed by atoms with van der Waals surface area (Å²) in [7, 11) is 0. The molecule has 0 saturated carbocycles. The molecule has 0 amide bonds. The van der Waals surface area contributed by atoms with Crippen molar-refractivity contribution in [2.45, 2.75) is 32.0 Å². The van der Waals surface area contributed by atoms with Crippen LogP contribution in [0, 0.1) is 6.92 Å². The number of aryl methyl sites for hydroxylation is 1. The third-order valence-electron chi connectivity index (χ3n) is 2.34. The van der Waals surface area contributed by atoms with Crippen LogP contribution in [0.2, 0.25) is 0 Å². The summed E-state index contributed by atoms with van der Waals surface area (Å²) >= 11 is 1.68. The first-order valence-electron chi connectivity index (χ1n) is 4.57. The first-order chi connectivity index (χ1) is 6.29. The monoisotopic (exact) mass is 198 g/mol. The van der Waals surface area contributed by atoms with Gasteiger partial charge in [0, 0.05) is 11.9 Å². The summed E-state index contributed by atoms with van der Waals surface area (Å²) in [5.41, 5.74) is 6.62. The minimum absolute atomic E-state index is 0.193. The zero-order valence-electron chi connectivity index (χ0n) is 7.69. The minimum atomic E-state index is 0.193. The van der Waals surface area contributed by atoms with E-state index in [1.54, 1.807) is 11.3 Å². The maximum Gasteiger partial charge on any atom is 0.101 e. The maximum absolute atomic E-state index is 5.73. The summed E-state index contributed by atoms with van der Waals surface area (Å²) in [5.74, 6) is 0. The first kappa shape index (κ1) is 9.12. The van der Waals surface area contributed by atoms with Crippen molar-refractivity contribution in [3.8, 4) is 0 Å². The Morgan fingerprint density at radius 2 is 2.54 bits per heavy atom. The molecule has 0 aromatic carbocycles. The van der Waals surface area contributed by atoms with Crippen LogP contribution in [0.4, 0.5) is 0 Å². The van der Waals surface area contributed by atoms with Crippen LogP contribution in [0.5, 0.6) is 0 Å². The van der Waals surface area contributed by atoms with Crippen molar-refractivity contribution in [3.63, 3.8) is 0 Å². The van der Waals surface area contributed by atoms with Gasteiger partial charge < -0.3 is 10.5 Å². The van der Waals surface area contributed by atoms with Gasteiger partial charge in [0.05, 0.1) is 16.8 Å². The van der Waals surface area contributed by atoms with E-state index in [1.807, 2.05) is 6.92 Å². The summed E-state index contributed by atoms with van der Waals surface area (Å²) in [5, 5.41) is 3.19. The molecule has 3 nitrogen and oxygen atoms in total. The van der Waals surface area contributed by atoms with E-state index in [1.165, 1.54) is 0 Å². The Labute approximate surface area is 81.9 Å². The third-order valence-corrected chi connectivity index (χ3v) is 3.13. The van der Waals surface area contributed by atoms with E-state index in [0.717, 1.165) is 23.5 Å². The topological polar surface area (TPSA) is 48.1 Å². The third kappa shape index (κ3) is 1.90. The van der Waals surface area contributed by atoms with Crippen LogP contribution in [0.1, 0.15) is 29.6 Å². The average Bonchev–Trinajstić information content (AvgIpc) is 2.71. The van der Waals surface area contributed by atoms with E-state index in [9.17, 15) is 0 Å². The highest BCUT2D eigenvalue weighted by Crippen LogP contribution is 2.32. The molecular weight excluding hydrogens is 184 g/mol. The number of rotatable bonds is 2. The normalized spacial score (nSPS) is 28.2. The fourth-order valence-electron chi connectivity index (χ4n) is 1.62. The van der Waals surface area contributed by atoms with E-state index in [0.29, 0.717) is 6.54 Å². The van der Waals surface area contributed by atoms with Crippen molar-refractivity contribution in [3.05, 3.63) is 16.1 Å². The number of ether oxygens (including phenoxy) is 1. The van der Waals surface area contributed by atoms with E-state index in [2.05, 4.69) is 10.4 Å². The van der Waals surface area contributed by atoms with Gasteiger partial charge in [0.2, 0.25) is 0 Å². The number of thiazole rings is 1. The second-order valence-electron chi connectivity index (χ2n) is 3.35. The van der Waals surface area contributed by atoms with Gasteiger partial charge in [-0.25, -0.2) is 4.98 Å². The van der Waals surface area contributed by atoms with E-state index >= 15 is 0 Å². The van der Waals surface area contributed by atoms with Crippen molar-refractivity contribution in [1.82, 2.24) is 4.98 Å². The molecule has 72 valence electrons. The Morgan fingerprint density at radius 1 is 1.69 bits per heavy atom. The molecule has 1 aromatic rings. The van der Waals surface area contributed by atoms with E-state index in [4.69, 9.17) is 10.5 Å². The SMILES string of the molecule is Cc1nc(C2CCC(CN)O2)cs1. The molecule has 0 spiro atoms. The quantitative estimate of drug-likeness (QED) is 0.785. The zero-order chi connectivity index (χ0) is 9.26. The molecule has 1 saturated heterocycles. The molecular formula is C9H14N2OS. The Kier molecular flexibility index (Phi) is 2.62. The molecule has 2 unspecified atom stereocenters. The highest BCUT2D eigenvalue weighted by molar-refractivity contribution is 7.09. The van der Waals surface area contributed by atoms with Gasteiger partial charge in [0.25, 0.3) is 0 Å². The van der Waals surface area contributed by atoms with Crippen molar-refractivity contribution in [2.75, 3.05) is 6.54 Å². The second-order valence-corrected chi connectivity index (χ2v) is 4.41. The minimum Gasteiger partial charge on any atom is -0.367 e. The second kappa shape index (κ2) is 3.74. The van der Waals surface area contributed by atoms with Crippen LogP contribution < -0.4 is 5.73 Å². The fraction of sp³-hybridized carbons (Fsp3) is 0.667. The molecule has 0 bridgehead atoms. The summed E-state index contributed by atoms with van der Waals surface area (Å²) in [6.45, 7) is 2.64. The summed E-state index contributed by atoms with van der Waals surface area (Å²) < 4.78 is 5.73. The maximum atomic E-state index is 5.73. The van der Waals surface area contributed by atoms with Crippen LogP contribution in [0.15, 0.2) is 5.38 Å². The van der Waals surface area contributed by atoms with Crippen molar-refractivity contribution < 1.29 is 4.74 Å². The average molecular weight is 198 g/mol. The van der Waals surface area contributed by atoms with Crippen LogP contribution >= 0.6 is 11.3 Å². The molecule has 2 rings (SSSR count). The Hall–Kier alpha value is -0.450. The zero-order valence-corrected chi connectivity index (χ0v) is 8.51. The van der Waals surface area contributed by atoms with Crippen molar-refractivity contribution >= 4 is 11.3 Å². The lowest BCUT2D eigenvalue weighted by Crippen LogP contribution is -2.18. The Balaban J connectivity index is 2.03. The number of hydrogen-bond acceptors (Lipinski definition) is 4. The summed E-state index contributed by atoms with van der Waals surface area (Å²) in [6, 6.07) is 0. The van der Waals surface area contributed by atoms with Crippen molar-refractivity contribution in [2.24, 2.45) is 5.73 Å². The van der Waals surface area contributed by atoms with E-state index < -0.39 is 0 Å². The van der Waals surface area contributed by atoms with Gasteiger partial charge in [-0.1, -0.05) is 0 Å². The molecule has 1 aromatic heterocycles. The number of aromatic nitrogens is 1. The molecule has 13 heavy (non-hydrogen) atoms. The molecule has 2 N–H and O–H groups in total. The lowest BCUT2D eigenvalue weighted by Gasteiger charge is -2.09. The highest BCUT2D eigenvalue weighted by Gasteiger charge is 2.26. The first-order valence-corrected chi connectivity index (χ1v) is 5.45.